The van der Waals surface area contributed by atoms with Crippen molar-refractivity contribution >= 4 is 27.5 Å². The molecule has 1 amide bonds. The van der Waals surface area contributed by atoms with Gasteiger partial charge in [-0.25, -0.2) is 4.68 Å². The Morgan fingerprint density at radius 1 is 1.10 bits per heavy atom. The minimum atomic E-state index is -3.86. The van der Waals surface area contributed by atoms with Crippen LogP contribution in [0.3, 0.4) is 0 Å². The number of rotatable bonds is 5. The summed E-state index contributed by atoms with van der Waals surface area (Å²) < 4.78 is 31.1. The Kier molecular flexibility index (Phi) is 5.60. The molecule has 1 fully saturated rings. The first-order chi connectivity index (χ1) is 14.8. The molecule has 1 aliphatic rings. The molecular weight excluding hydrogens is 414 g/mol. The Hall–Kier alpha value is -3.46. The number of amides is 1. The zero-order valence-electron chi connectivity index (χ0n) is 17.3. The Morgan fingerprint density at radius 2 is 1.87 bits per heavy atom. The Balaban J connectivity index is 1.55. The SMILES string of the molecule is Cc1cc(C(=O)Nc2cccc(S(=O)(=O)/N=C3\CCCN3C)c2)nn1-c1ccccc1. The van der Waals surface area contributed by atoms with Gasteiger partial charge in [-0.15, -0.1) is 4.40 Å². The van der Waals surface area contributed by atoms with Crippen molar-refractivity contribution in [3.63, 3.8) is 0 Å². The van der Waals surface area contributed by atoms with Gasteiger partial charge < -0.3 is 10.2 Å². The first kappa shape index (κ1) is 20.8. The lowest BCUT2D eigenvalue weighted by atomic mass is 10.3. The maximum atomic E-state index is 12.7. The number of para-hydroxylation sites is 1. The Labute approximate surface area is 181 Å². The smallest absolute Gasteiger partial charge is 0.284 e. The van der Waals surface area contributed by atoms with Gasteiger partial charge in [-0.2, -0.15) is 13.5 Å². The van der Waals surface area contributed by atoms with Crippen LogP contribution in [0.25, 0.3) is 5.69 Å². The molecule has 0 spiro atoms. The molecule has 0 saturated carbocycles. The molecule has 1 aliphatic heterocycles. The number of likely N-dealkylation sites (tertiary alicyclic amines) is 1. The molecule has 8 nitrogen and oxygen atoms in total. The number of nitrogens with one attached hydrogen (secondary N) is 1. The van der Waals surface area contributed by atoms with E-state index in [2.05, 4.69) is 14.8 Å². The monoisotopic (exact) mass is 437 g/mol. The molecule has 0 radical (unpaired) electrons. The van der Waals surface area contributed by atoms with Gasteiger partial charge in [0.25, 0.3) is 15.9 Å². The summed E-state index contributed by atoms with van der Waals surface area (Å²) in [6, 6.07) is 17.3. The van der Waals surface area contributed by atoms with Crippen LogP contribution in [0.1, 0.15) is 29.0 Å². The fraction of sp³-hybridized carbons (Fsp3) is 0.227. The summed E-state index contributed by atoms with van der Waals surface area (Å²) in [7, 11) is -2.03. The normalized spacial score (nSPS) is 15.4. The van der Waals surface area contributed by atoms with E-state index in [1.165, 1.54) is 12.1 Å². The molecule has 2 heterocycles. The predicted octanol–water partition coefficient (Wildman–Crippen LogP) is 3.25. The van der Waals surface area contributed by atoms with Crippen molar-refractivity contribution in [1.29, 1.82) is 0 Å². The first-order valence-electron chi connectivity index (χ1n) is 9.92. The van der Waals surface area contributed by atoms with Crippen LogP contribution in [0.5, 0.6) is 0 Å². The van der Waals surface area contributed by atoms with Crippen LogP contribution < -0.4 is 5.32 Å². The van der Waals surface area contributed by atoms with Gasteiger partial charge in [-0.3, -0.25) is 4.79 Å². The van der Waals surface area contributed by atoms with Gasteiger partial charge in [0.15, 0.2) is 5.69 Å². The standard InChI is InChI=1S/C22H23N5O3S/c1-16-14-20(24-27(16)18-9-4-3-5-10-18)22(28)23-17-8-6-11-19(15-17)31(29,30)25-21-12-7-13-26(21)2/h3-6,8-11,14-15H,7,12-13H2,1-2H3,(H,23,28)/b25-21+. The zero-order valence-corrected chi connectivity index (χ0v) is 18.1. The molecule has 4 rings (SSSR count). The van der Waals surface area contributed by atoms with E-state index in [1.54, 1.807) is 22.9 Å². The van der Waals surface area contributed by atoms with Gasteiger partial charge in [0, 0.05) is 31.4 Å². The summed E-state index contributed by atoms with van der Waals surface area (Å²) in [5.74, 6) is 0.130. The number of amidine groups is 1. The van der Waals surface area contributed by atoms with E-state index < -0.39 is 15.9 Å². The van der Waals surface area contributed by atoms with Crippen molar-refractivity contribution in [2.24, 2.45) is 4.40 Å². The lowest BCUT2D eigenvalue weighted by Gasteiger charge is -2.11. The maximum Gasteiger partial charge on any atom is 0.284 e. The number of carbonyl (C=O) groups excluding carboxylic acids is 1. The highest BCUT2D eigenvalue weighted by atomic mass is 32.2. The van der Waals surface area contributed by atoms with Gasteiger partial charge >= 0.3 is 0 Å². The van der Waals surface area contributed by atoms with Crippen molar-refractivity contribution in [1.82, 2.24) is 14.7 Å². The molecular formula is C22H23N5O3S. The van der Waals surface area contributed by atoms with Crippen molar-refractivity contribution < 1.29 is 13.2 Å². The molecule has 0 atom stereocenters. The van der Waals surface area contributed by atoms with Gasteiger partial charge in [0.05, 0.1) is 10.6 Å². The van der Waals surface area contributed by atoms with Gasteiger partial charge in [-0.1, -0.05) is 24.3 Å². The van der Waals surface area contributed by atoms with E-state index >= 15 is 0 Å². The van der Waals surface area contributed by atoms with Crippen LogP contribution in [0.15, 0.2) is 70.0 Å². The van der Waals surface area contributed by atoms with Crippen LogP contribution in [-0.4, -0.2) is 48.4 Å². The van der Waals surface area contributed by atoms with Gasteiger partial charge in [0.1, 0.15) is 5.84 Å². The number of carbonyl (C=O) groups is 1. The fourth-order valence-electron chi connectivity index (χ4n) is 3.45. The molecule has 0 bridgehead atoms. The Bertz CT molecular complexity index is 1250. The summed E-state index contributed by atoms with van der Waals surface area (Å²) in [6.45, 7) is 2.66. The molecule has 2 aromatic carbocycles. The lowest BCUT2D eigenvalue weighted by Crippen LogP contribution is -2.20. The third-order valence-electron chi connectivity index (χ3n) is 5.07. The molecule has 1 aromatic heterocycles. The molecule has 0 aliphatic carbocycles. The number of sulfonamides is 1. The van der Waals surface area contributed by atoms with E-state index in [9.17, 15) is 13.2 Å². The first-order valence-corrected chi connectivity index (χ1v) is 11.4. The minimum absolute atomic E-state index is 0.0316. The molecule has 0 unspecified atom stereocenters. The van der Waals surface area contributed by atoms with Gasteiger partial charge in [0.2, 0.25) is 0 Å². The van der Waals surface area contributed by atoms with Crippen LogP contribution >= 0.6 is 0 Å². The largest absolute Gasteiger partial charge is 0.362 e. The van der Waals surface area contributed by atoms with Crippen molar-refractivity contribution in [2.45, 2.75) is 24.7 Å². The molecule has 9 heteroatoms. The number of benzene rings is 2. The second-order valence-corrected chi connectivity index (χ2v) is 9.01. The number of aromatic nitrogens is 2. The number of hydrogen-bond acceptors (Lipinski definition) is 4. The highest BCUT2D eigenvalue weighted by Crippen LogP contribution is 2.21. The average molecular weight is 438 g/mol. The molecule has 3 aromatic rings. The van der Waals surface area contributed by atoms with Crippen molar-refractivity contribution in [3.05, 3.63) is 72.1 Å². The quantitative estimate of drug-likeness (QED) is 0.661. The number of anilines is 1. The van der Waals surface area contributed by atoms with Crippen LogP contribution in [0.4, 0.5) is 5.69 Å². The third-order valence-corrected chi connectivity index (χ3v) is 6.37. The number of aryl methyl sites for hydroxylation is 1. The van der Waals surface area contributed by atoms with Crippen molar-refractivity contribution in [2.75, 3.05) is 18.9 Å². The highest BCUT2D eigenvalue weighted by molar-refractivity contribution is 7.90. The van der Waals surface area contributed by atoms with Crippen LogP contribution in [-0.2, 0) is 10.0 Å². The maximum absolute atomic E-state index is 12.7. The van der Waals surface area contributed by atoms with E-state index in [0.29, 0.717) is 17.9 Å². The average Bonchev–Trinajstić information content (AvgIpc) is 3.34. The van der Waals surface area contributed by atoms with Crippen molar-refractivity contribution in [3.8, 4) is 5.69 Å². The van der Waals surface area contributed by atoms with Gasteiger partial charge in [-0.05, 0) is 49.7 Å². The van der Waals surface area contributed by atoms with Crippen LogP contribution in [0.2, 0.25) is 0 Å². The Morgan fingerprint density at radius 3 is 2.58 bits per heavy atom. The summed E-state index contributed by atoms with van der Waals surface area (Å²) in [6.07, 6.45) is 1.52. The van der Waals surface area contributed by atoms with E-state index in [4.69, 9.17) is 0 Å². The highest BCUT2D eigenvalue weighted by Gasteiger charge is 2.21. The second-order valence-electron chi connectivity index (χ2n) is 7.41. The van der Waals surface area contributed by atoms with Crippen LogP contribution in [0, 0.1) is 6.92 Å². The second kappa shape index (κ2) is 8.35. The predicted molar refractivity (Wildman–Crippen MR) is 119 cm³/mol. The van der Waals surface area contributed by atoms with E-state index in [0.717, 1.165) is 24.3 Å². The molecule has 160 valence electrons. The lowest BCUT2D eigenvalue weighted by molar-refractivity contribution is 0.102. The molecule has 1 saturated heterocycles. The fourth-order valence-corrected chi connectivity index (χ4v) is 4.59. The summed E-state index contributed by atoms with van der Waals surface area (Å²) in [5, 5.41) is 7.11. The summed E-state index contributed by atoms with van der Waals surface area (Å²) >= 11 is 0. The van der Waals surface area contributed by atoms with E-state index in [-0.39, 0.29) is 10.6 Å². The molecule has 1 N–H and O–H groups in total. The zero-order chi connectivity index (χ0) is 22.0. The number of nitrogens with zero attached hydrogens (tertiary/aromatic N) is 4. The topological polar surface area (TPSA) is 96.7 Å². The molecule has 31 heavy (non-hydrogen) atoms. The number of hydrogen-bond donors (Lipinski definition) is 1. The summed E-state index contributed by atoms with van der Waals surface area (Å²) in [5.41, 5.74) is 2.26. The summed E-state index contributed by atoms with van der Waals surface area (Å²) in [4.78, 5) is 14.6. The minimum Gasteiger partial charge on any atom is -0.362 e. The third kappa shape index (κ3) is 4.51. The van der Waals surface area contributed by atoms with E-state index in [1.807, 2.05) is 49.2 Å².